The van der Waals surface area contributed by atoms with E-state index in [9.17, 15) is 39.3 Å². The van der Waals surface area contributed by atoms with Crippen LogP contribution >= 0.6 is 0 Å². The number of H-pyrrole nitrogens is 1. The van der Waals surface area contributed by atoms with Gasteiger partial charge in [0.05, 0.1) is 13.7 Å². The molecule has 0 radical (unpaired) electrons. The van der Waals surface area contributed by atoms with Crippen LogP contribution in [0.5, 0.6) is 0 Å². The zero-order valence-corrected chi connectivity index (χ0v) is 20.0. The van der Waals surface area contributed by atoms with Gasteiger partial charge in [-0.15, -0.1) is 0 Å². The van der Waals surface area contributed by atoms with Gasteiger partial charge >= 0.3 is 5.69 Å². The Labute approximate surface area is 212 Å². The Hall–Kier alpha value is -3.65. The molecule has 8 N–H and O–H groups in total. The molecule has 3 amide bonds. The number of aliphatic hydroxyl groups is 3. The molecule has 0 spiro atoms. The lowest BCUT2D eigenvalue weighted by Gasteiger charge is -2.35. The van der Waals surface area contributed by atoms with Crippen LogP contribution in [0.3, 0.4) is 0 Å². The number of ether oxygens (including phenoxy) is 4. The van der Waals surface area contributed by atoms with E-state index in [2.05, 4.69) is 10.2 Å². The fourth-order valence-electron chi connectivity index (χ4n) is 3.79. The van der Waals surface area contributed by atoms with E-state index in [1.54, 1.807) is 0 Å². The zero-order valence-electron chi connectivity index (χ0n) is 20.0. The van der Waals surface area contributed by atoms with Crippen molar-refractivity contribution in [3.63, 3.8) is 0 Å². The van der Waals surface area contributed by atoms with Gasteiger partial charge in [0.25, 0.3) is 17.4 Å². The zero-order chi connectivity index (χ0) is 28.1. The standard InChI is InChI=1S/C20H27N5O13/c1-34-13-12(30)18(25-4-3-9(27)23-20(25)33)37-14(13)15(16(21)31)38-19-11(29)7(26)5-8(36-19)17(32)22-6-10(28)24-35-2/h3-5,7,11-15,18-19,26,29-30H,6H2,1-2H3,(H2,21,31)(H,22,32)(H,24,28)(H,23,27,33)/t7?,11?,12?,13?,14-,15?,18+,19+/m0/s1. The summed E-state index contributed by atoms with van der Waals surface area (Å²) in [5, 5.41) is 33.4. The first kappa shape index (κ1) is 28.9. The van der Waals surface area contributed by atoms with Gasteiger partial charge in [-0.2, -0.15) is 0 Å². The fraction of sp³-hybridized carbons (Fsp3) is 0.550. The van der Waals surface area contributed by atoms with Crippen molar-refractivity contribution in [1.29, 1.82) is 0 Å². The lowest BCUT2D eigenvalue weighted by Crippen LogP contribution is -2.54. The number of hydrogen-bond donors (Lipinski definition) is 7. The molecule has 210 valence electrons. The summed E-state index contributed by atoms with van der Waals surface area (Å²) in [6.07, 6.45) is -11.2. The van der Waals surface area contributed by atoms with Gasteiger partial charge in [0.2, 0.25) is 12.2 Å². The number of carbonyl (C=O) groups is 3. The highest BCUT2D eigenvalue weighted by Gasteiger charge is 2.52. The summed E-state index contributed by atoms with van der Waals surface area (Å²) >= 11 is 0. The van der Waals surface area contributed by atoms with Crippen LogP contribution < -0.4 is 27.8 Å². The molecular formula is C20H27N5O13. The Morgan fingerprint density at radius 2 is 1.92 bits per heavy atom. The molecule has 18 heteroatoms. The highest BCUT2D eigenvalue weighted by Crippen LogP contribution is 2.34. The predicted molar refractivity (Wildman–Crippen MR) is 119 cm³/mol. The van der Waals surface area contributed by atoms with E-state index in [0.717, 1.165) is 22.9 Å². The van der Waals surface area contributed by atoms with Crippen molar-refractivity contribution in [2.45, 2.75) is 49.1 Å². The average Bonchev–Trinajstić information content (AvgIpc) is 3.18. The molecule has 5 unspecified atom stereocenters. The maximum absolute atomic E-state index is 12.4. The molecule has 8 atom stereocenters. The van der Waals surface area contributed by atoms with E-state index in [-0.39, 0.29) is 0 Å². The number of hydrogen-bond acceptors (Lipinski definition) is 13. The highest BCUT2D eigenvalue weighted by atomic mass is 16.7. The Morgan fingerprint density at radius 3 is 2.53 bits per heavy atom. The minimum atomic E-state index is -1.87. The number of rotatable bonds is 10. The number of methoxy groups -OCH3 is 1. The molecule has 38 heavy (non-hydrogen) atoms. The van der Waals surface area contributed by atoms with Gasteiger partial charge in [-0.3, -0.25) is 33.6 Å². The van der Waals surface area contributed by atoms with Crippen LogP contribution in [0.15, 0.2) is 33.7 Å². The molecule has 0 saturated carbocycles. The van der Waals surface area contributed by atoms with Gasteiger partial charge in [0.15, 0.2) is 18.1 Å². The van der Waals surface area contributed by atoms with E-state index in [0.29, 0.717) is 0 Å². The maximum atomic E-state index is 12.4. The van der Waals surface area contributed by atoms with Crippen LogP contribution in [0.2, 0.25) is 0 Å². The van der Waals surface area contributed by atoms with Crippen LogP contribution in [-0.4, -0.2) is 106 Å². The minimum absolute atomic E-state index is 0.531. The number of aliphatic hydroxyl groups excluding tert-OH is 3. The number of nitrogens with zero attached hydrogens (tertiary/aromatic N) is 1. The molecule has 1 aromatic heterocycles. The molecule has 18 nitrogen and oxygen atoms in total. The molecule has 0 bridgehead atoms. The number of aromatic amines is 1. The van der Waals surface area contributed by atoms with Crippen molar-refractivity contribution >= 4 is 17.7 Å². The van der Waals surface area contributed by atoms with E-state index in [1.165, 1.54) is 14.2 Å². The normalized spacial score (nSPS) is 29.6. The first-order valence-corrected chi connectivity index (χ1v) is 11.0. The van der Waals surface area contributed by atoms with E-state index in [1.807, 2.05) is 10.5 Å². The molecular weight excluding hydrogens is 518 g/mol. The highest BCUT2D eigenvalue weighted by molar-refractivity contribution is 5.94. The number of amides is 3. The molecule has 1 fully saturated rings. The number of nitrogens with two attached hydrogens (primary N) is 1. The second-order valence-electron chi connectivity index (χ2n) is 8.07. The van der Waals surface area contributed by atoms with Crippen molar-refractivity contribution in [2.24, 2.45) is 5.73 Å². The van der Waals surface area contributed by atoms with Crippen molar-refractivity contribution in [3.05, 3.63) is 44.9 Å². The third-order valence-electron chi connectivity index (χ3n) is 5.55. The molecule has 3 heterocycles. The molecule has 0 aromatic carbocycles. The second kappa shape index (κ2) is 12.3. The van der Waals surface area contributed by atoms with Gasteiger partial charge in [0.1, 0.15) is 30.5 Å². The number of aromatic nitrogens is 2. The largest absolute Gasteiger partial charge is 0.456 e. The summed E-state index contributed by atoms with van der Waals surface area (Å²) in [5.74, 6) is -3.43. The number of nitrogens with one attached hydrogen (secondary N) is 3. The van der Waals surface area contributed by atoms with Gasteiger partial charge < -0.3 is 45.3 Å². The second-order valence-corrected chi connectivity index (χ2v) is 8.07. The quantitative estimate of drug-likeness (QED) is 0.135. The summed E-state index contributed by atoms with van der Waals surface area (Å²) in [7, 11) is 2.35. The third kappa shape index (κ3) is 6.25. The molecule has 1 aromatic rings. The number of carbonyl (C=O) groups excluding carboxylic acids is 3. The van der Waals surface area contributed by atoms with E-state index >= 15 is 0 Å². The first-order chi connectivity index (χ1) is 18.0. The van der Waals surface area contributed by atoms with Crippen LogP contribution in [0.1, 0.15) is 6.23 Å². The SMILES string of the molecule is CONC(=O)CNC(=O)C1=CC(O)C(O)[C@@H](OC(C(N)=O)[C@H]2O[C@@H](n3ccc(=O)[nH]c3=O)C(O)C2OC)O1. The first-order valence-electron chi connectivity index (χ1n) is 11.0. The van der Waals surface area contributed by atoms with Crippen LogP contribution in [0.4, 0.5) is 0 Å². The Kier molecular flexibility index (Phi) is 9.33. The molecule has 1 saturated heterocycles. The number of primary amides is 1. The Bertz CT molecular complexity index is 1180. The van der Waals surface area contributed by atoms with Crippen molar-refractivity contribution < 1.29 is 53.5 Å². The minimum Gasteiger partial charge on any atom is -0.456 e. The Balaban J connectivity index is 1.80. The molecule has 2 aliphatic rings. The van der Waals surface area contributed by atoms with Gasteiger partial charge in [0, 0.05) is 19.4 Å². The summed E-state index contributed by atoms with van der Waals surface area (Å²) < 4.78 is 22.5. The lowest BCUT2D eigenvalue weighted by molar-refractivity contribution is -0.241. The molecule has 3 rings (SSSR count). The van der Waals surface area contributed by atoms with Crippen LogP contribution in [-0.2, 0) is 38.2 Å². The van der Waals surface area contributed by atoms with Crippen molar-refractivity contribution in [2.75, 3.05) is 20.8 Å². The van der Waals surface area contributed by atoms with Crippen molar-refractivity contribution in [3.8, 4) is 0 Å². The predicted octanol–water partition coefficient (Wildman–Crippen LogP) is -5.56. The topological polar surface area (TPSA) is 263 Å². The van der Waals surface area contributed by atoms with Crippen LogP contribution in [0.25, 0.3) is 0 Å². The average molecular weight is 545 g/mol. The smallest absolute Gasteiger partial charge is 0.330 e. The third-order valence-corrected chi connectivity index (χ3v) is 5.55. The van der Waals surface area contributed by atoms with Gasteiger partial charge in [-0.1, -0.05) is 0 Å². The summed E-state index contributed by atoms with van der Waals surface area (Å²) in [5.41, 5.74) is 5.80. The van der Waals surface area contributed by atoms with Gasteiger partial charge in [-0.05, 0) is 6.08 Å². The number of hydroxylamine groups is 1. The molecule has 0 aliphatic carbocycles. The van der Waals surface area contributed by atoms with E-state index in [4.69, 9.17) is 24.7 Å². The Morgan fingerprint density at radius 1 is 1.21 bits per heavy atom. The lowest BCUT2D eigenvalue weighted by atomic mass is 10.0. The van der Waals surface area contributed by atoms with Crippen LogP contribution in [0, 0.1) is 0 Å². The fourth-order valence-corrected chi connectivity index (χ4v) is 3.79. The summed E-state index contributed by atoms with van der Waals surface area (Å²) in [4.78, 5) is 66.2. The van der Waals surface area contributed by atoms with E-state index < -0.39 is 90.4 Å². The summed E-state index contributed by atoms with van der Waals surface area (Å²) in [6, 6.07) is 1.00. The maximum Gasteiger partial charge on any atom is 0.330 e. The van der Waals surface area contributed by atoms with Crippen molar-refractivity contribution in [1.82, 2.24) is 20.3 Å². The summed E-state index contributed by atoms with van der Waals surface area (Å²) in [6.45, 7) is -0.531. The monoisotopic (exact) mass is 545 g/mol. The molecule has 2 aliphatic heterocycles. The van der Waals surface area contributed by atoms with Gasteiger partial charge in [-0.25, -0.2) is 10.3 Å².